The molecule has 40 heavy (non-hydrogen) atoms. The second-order valence-electron chi connectivity index (χ2n) is 9.66. The quantitative estimate of drug-likeness (QED) is 0.174. The molecule has 1 fully saturated rings. The van der Waals surface area contributed by atoms with Crippen molar-refractivity contribution >= 4 is 49.5 Å². The van der Waals surface area contributed by atoms with Gasteiger partial charge in [-0.05, 0) is 54.3 Å². The summed E-state index contributed by atoms with van der Waals surface area (Å²) in [5.74, 6) is 0.0253. The summed E-state index contributed by atoms with van der Waals surface area (Å²) in [5.41, 5.74) is 1.36. The largest absolute Gasteiger partial charge is 0.472 e. The Balaban J connectivity index is 1.49. The first-order valence-corrected chi connectivity index (χ1v) is 15.4. The smallest absolute Gasteiger partial charge is 0.340 e. The highest BCUT2D eigenvalue weighted by Gasteiger charge is 2.27. The third-order valence-corrected chi connectivity index (χ3v) is 9.61. The topological polar surface area (TPSA) is 99.8 Å². The fraction of sp³-hybridized carbons (Fsp3) is 0.300. The lowest BCUT2D eigenvalue weighted by molar-refractivity contribution is 0.0527. The van der Waals surface area contributed by atoms with Gasteiger partial charge in [0.15, 0.2) is 0 Å². The Bertz CT molecular complexity index is 1710. The number of carbonyl (C=O) groups excluding carboxylic acids is 2. The molecule has 2 heterocycles. The minimum Gasteiger partial charge on any atom is -0.472 e. The highest BCUT2D eigenvalue weighted by molar-refractivity contribution is 7.93. The fourth-order valence-electron chi connectivity index (χ4n) is 4.77. The van der Waals surface area contributed by atoms with E-state index in [9.17, 15) is 13.8 Å². The van der Waals surface area contributed by atoms with Crippen LogP contribution in [0.5, 0.6) is 5.88 Å². The number of ether oxygens (including phenoxy) is 2. The Morgan fingerprint density at radius 2 is 1.73 bits per heavy atom. The Labute approximate surface area is 238 Å². The first kappa shape index (κ1) is 27.9. The van der Waals surface area contributed by atoms with E-state index in [0.29, 0.717) is 11.5 Å². The van der Waals surface area contributed by atoms with Crippen LogP contribution < -0.4 is 4.74 Å². The Morgan fingerprint density at radius 3 is 2.48 bits per heavy atom. The minimum atomic E-state index is -2.62. The lowest BCUT2D eigenvalue weighted by Gasteiger charge is -2.17. The number of ketones is 1. The van der Waals surface area contributed by atoms with Crippen molar-refractivity contribution < 1.29 is 23.3 Å². The van der Waals surface area contributed by atoms with Crippen molar-refractivity contribution in [1.82, 2.24) is 9.78 Å². The summed E-state index contributed by atoms with van der Waals surface area (Å²) in [6.07, 6.45) is 3.96. The highest BCUT2D eigenvalue weighted by Crippen LogP contribution is 2.37. The van der Waals surface area contributed by atoms with Gasteiger partial charge in [0.2, 0.25) is 11.7 Å². The maximum atomic E-state index is 13.8. The van der Waals surface area contributed by atoms with Crippen molar-refractivity contribution in [2.24, 2.45) is 11.4 Å². The van der Waals surface area contributed by atoms with E-state index in [1.165, 1.54) is 23.0 Å². The maximum Gasteiger partial charge on any atom is 0.340 e. The van der Waals surface area contributed by atoms with Crippen LogP contribution in [0.4, 0.5) is 5.69 Å². The molecule has 4 aromatic rings. The number of fused-ring (bicyclic) bond motifs is 1. The van der Waals surface area contributed by atoms with Crippen LogP contribution in [-0.2, 0) is 28.1 Å². The lowest BCUT2D eigenvalue weighted by Crippen LogP contribution is -2.16. The zero-order valence-electron chi connectivity index (χ0n) is 22.4. The molecule has 0 unspecified atom stereocenters. The summed E-state index contributed by atoms with van der Waals surface area (Å²) in [6.45, 7) is 2.07. The standard InChI is InChI=1S/C30H30ClN3O5S/c1-3-38-30(36)24-14-13-23(26(31)27(24)33-40(37)15-7-4-8-16-40)28(35)25-18-32-34(2)29(25)39-19-20-11-12-21-9-5-6-10-22(21)17-20/h5-6,9-14,17-18H,3-4,7-8,15-16,19H2,1-2H3. The number of rotatable bonds is 8. The van der Waals surface area contributed by atoms with Crippen molar-refractivity contribution in [3.05, 3.63) is 88.1 Å². The van der Waals surface area contributed by atoms with Crippen molar-refractivity contribution in [3.63, 3.8) is 0 Å². The van der Waals surface area contributed by atoms with E-state index in [0.717, 1.165) is 35.6 Å². The van der Waals surface area contributed by atoms with Crippen molar-refractivity contribution in [3.8, 4) is 5.88 Å². The van der Waals surface area contributed by atoms with Crippen molar-refractivity contribution in [1.29, 1.82) is 0 Å². The van der Waals surface area contributed by atoms with Crippen LogP contribution >= 0.6 is 11.6 Å². The maximum absolute atomic E-state index is 13.8. The molecular formula is C30H30ClN3O5S. The van der Waals surface area contributed by atoms with Crippen LogP contribution in [0, 0.1) is 0 Å². The fourth-order valence-corrected chi connectivity index (χ4v) is 7.34. The summed E-state index contributed by atoms with van der Waals surface area (Å²) in [5, 5.41) is 6.40. The van der Waals surface area contributed by atoms with E-state index in [1.54, 1.807) is 14.0 Å². The summed E-state index contributed by atoms with van der Waals surface area (Å²) in [6, 6.07) is 17.0. The normalized spacial score (nSPS) is 14.6. The molecule has 1 aromatic heterocycles. The van der Waals surface area contributed by atoms with Crippen LogP contribution in [0.25, 0.3) is 10.8 Å². The van der Waals surface area contributed by atoms with Crippen LogP contribution in [0.1, 0.15) is 58.0 Å². The average molecular weight is 580 g/mol. The number of benzene rings is 3. The lowest BCUT2D eigenvalue weighted by atomic mass is 10.0. The minimum absolute atomic E-state index is 0.0281. The number of nitrogens with zero attached hydrogens (tertiary/aromatic N) is 3. The molecule has 0 saturated carbocycles. The molecule has 0 spiro atoms. The summed E-state index contributed by atoms with van der Waals surface area (Å²) >= 11 is 6.76. The molecule has 0 aliphatic carbocycles. The number of aromatic nitrogens is 2. The molecule has 10 heteroatoms. The van der Waals surface area contributed by atoms with Gasteiger partial charge in [-0.1, -0.05) is 54.4 Å². The number of hydrogen-bond acceptors (Lipinski definition) is 7. The van der Waals surface area contributed by atoms with E-state index in [1.807, 2.05) is 42.5 Å². The molecule has 208 valence electrons. The Hall–Kier alpha value is -3.69. The molecule has 1 aliphatic rings. The summed E-state index contributed by atoms with van der Waals surface area (Å²) in [4.78, 5) is 26.5. The van der Waals surface area contributed by atoms with Crippen molar-refractivity contribution in [2.45, 2.75) is 32.8 Å². The molecule has 0 bridgehead atoms. The zero-order chi connectivity index (χ0) is 28.3. The van der Waals surface area contributed by atoms with Crippen LogP contribution in [0.3, 0.4) is 0 Å². The van der Waals surface area contributed by atoms with Gasteiger partial charge >= 0.3 is 5.97 Å². The van der Waals surface area contributed by atoms with Crippen LogP contribution in [0.2, 0.25) is 5.02 Å². The monoisotopic (exact) mass is 579 g/mol. The molecule has 1 aliphatic heterocycles. The predicted molar refractivity (Wildman–Crippen MR) is 156 cm³/mol. The average Bonchev–Trinajstić information content (AvgIpc) is 3.32. The van der Waals surface area contributed by atoms with Gasteiger partial charge in [0.25, 0.3) is 0 Å². The van der Waals surface area contributed by atoms with Gasteiger partial charge in [-0.25, -0.2) is 13.7 Å². The molecule has 0 amide bonds. The number of hydrogen-bond donors (Lipinski definition) is 0. The van der Waals surface area contributed by atoms with Gasteiger partial charge in [-0.3, -0.25) is 4.79 Å². The van der Waals surface area contributed by atoms with E-state index < -0.39 is 21.5 Å². The van der Waals surface area contributed by atoms with Gasteiger partial charge in [0.1, 0.15) is 17.9 Å². The Morgan fingerprint density at radius 1 is 1.00 bits per heavy atom. The van der Waals surface area contributed by atoms with Gasteiger partial charge in [0.05, 0.1) is 33.1 Å². The van der Waals surface area contributed by atoms with Gasteiger partial charge in [-0.15, -0.1) is 0 Å². The number of halogens is 1. The summed E-state index contributed by atoms with van der Waals surface area (Å²) < 4.78 is 30.7. The zero-order valence-corrected chi connectivity index (χ0v) is 24.0. The molecule has 8 nitrogen and oxygen atoms in total. The van der Waals surface area contributed by atoms with E-state index >= 15 is 0 Å². The number of carbonyl (C=O) groups is 2. The first-order valence-electron chi connectivity index (χ1n) is 13.2. The van der Waals surface area contributed by atoms with Gasteiger partial charge in [0, 0.05) is 24.1 Å². The molecule has 0 atom stereocenters. The molecule has 0 N–H and O–H groups in total. The Kier molecular flexibility index (Phi) is 8.23. The molecule has 0 radical (unpaired) electrons. The van der Waals surface area contributed by atoms with E-state index in [4.69, 9.17) is 21.1 Å². The van der Waals surface area contributed by atoms with Crippen LogP contribution in [-0.4, -0.2) is 43.9 Å². The van der Waals surface area contributed by atoms with Gasteiger partial charge < -0.3 is 9.47 Å². The summed E-state index contributed by atoms with van der Waals surface area (Å²) in [7, 11) is -0.936. The highest BCUT2D eigenvalue weighted by atomic mass is 35.5. The second-order valence-corrected chi connectivity index (χ2v) is 12.6. The van der Waals surface area contributed by atoms with Crippen molar-refractivity contribution in [2.75, 3.05) is 18.1 Å². The third-order valence-electron chi connectivity index (χ3n) is 6.86. The molecular weight excluding hydrogens is 550 g/mol. The SMILES string of the molecule is CCOC(=O)c1ccc(C(=O)c2cnn(C)c2OCc2ccc3ccccc3c2)c(Cl)c1N=S1(=O)CCCCC1. The number of aryl methyl sites for hydroxylation is 1. The predicted octanol–water partition coefficient (Wildman–Crippen LogP) is 6.50. The number of esters is 1. The molecule has 5 rings (SSSR count). The van der Waals surface area contributed by atoms with E-state index in [2.05, 4.69) is 9.46 Å². The third kappa shape index (κ3) is 5.76. The van der Waals surface area contributed by atoms with Crippen LogP contribution in [0.15, 0.2) is 65.2 Å². The first-order chi connectivity index (χ1) is 19.3. The van der Waals surface area contributed by atoms with Gasteiger partial charge in [-0.2, -0.15) is 9.46 Å². The molecule has 1 saturated heterocycles. The second kappa shape index (κ2) is 11.8. The van der Waals surface area contributed by atoms with E-state index in [-0.39, 0.29) is 46.5 Å². The molecule has 3 aromatic carbocycles.